The van der Waals surface area contributed by atoms with Gasteiger partial charge in [0.05, 0.1) is 12.2 Å². The van der Waals surface area contributed by atoms with Crippen molar-refractivity contribution in [1.82, 2.24) is 5.32 Å². The number of amides is 2. The number of hydrogen-bond donors (Lipinski definition) is 2. The molecule has 2 N–H and O–H groups in total. The zero-order valence-electron chi connectivity index (χ0n) is 14.0. The zero-order chi connectivity index (χ0) is 16.4. The lowest BCUT2D eigenvalue weighted by molar-refractivity contribution is -0.177. The van der Waals surface area contributed by atoms with E-state index in [0.29, 0.717) is 6.61 Å². The van der Waals surface area contributed by atoms with E-state index in [4.69, 9.17) is 9.47 Å². The molecule has 0 aliphatic heterocycles. The summed E-state index contributed by atoms with van der Waals surface area (Å²) in [5, 5.41) is 5.95. The number of para-hydroxylation sites is 1. The van der Waals surface area contributed by atoms with Crippen molar-refractivity contribution in [3.05, 3.63) is 29.8 Å². The number of methoxy groups -OCH3 is 2. The van der Waals surface area contributed by atoms with Crippen molar-refractivity contribution in [3.8, 4) is 0 Å². The van der Waals surface area contributed by atoms with Crippen LogP contribution in [0.5, 0.6) is 0 Å². The summed E-state index contributed by atoms with van der Waals surface area (Å²) < 4.78 is 10.7. The molecule has 2 rings (SSSR count). The Morgan fingerprint density at radius 2 is 1.95 bits per heavy atom. The Morgan fingerprint density at radius 1 is 1.27 bits per heavy atom. The third-order valence-electron chi connectivity index (χ3n) is 5.15. The van der Waals surface area contributed by atoms with Crippen molar-refractivity contribution < 1.29 is 14.3 Å². The molecule has 0 aromatic heterocycles. The molecule has 5 heteroatoms. The number of rotatable bonds is 5. The van der Waals surface area contributed by atoms with Crippen molar-refractivity contribution in [2.45, 2.75) is 45.4 Å². The van der Waals surface area contributed by atoms with Crippen LogP contribution in [-0.2, 0) is 16.1 Å². The summed E-state index contributed by atoms with van der Waals surface area (Å²) in [7, 11) is 3.36. The molecule has 0 unspecified atom stereocenters. The van der Waals surface area contributed by atoms with Gasteiger partial charge in [0.15, 0.2) is 0 Å². The van der Waals surface area contributed by atoms with Crippen LogP contribution >= 0.6 is 0 Å². The van der Waals surface area contributed by atoms with Crippen molar-refractivity contribution in [2.75, 3.05) is 19.5 Å². The van der Waals surface area contributed by atoms with Crippen molar-refractivity contribution in [2.24, 2.45) is 5.41 Å². The van der Waals surface area contributed by atoms with E-state index < -0.39 is 0 Å². The van der Waals surface area contributed by atoms with Gasteiger partial charge < -0.3 is 20.1 Å². The van der Waals surface area contributed by atoms with Gasteiger partial charge in [0, 0.05) is 36.9 Å². The van der Waals surface area contributed by atoms with Crippen LogP contribution in [0.15, 0.2) is 24.3 Å². The van der Waals surface area contributed by atoms with Crippen LogP contribution in [0, 0.1) is 5.41 Å². The molecule has 1 aliphatic rings. The highest BCUT2D eigenvalue weighted by molar-refractivity contribution is 5.90. The second-order valence-electron chi connectivity index (χ2n) is 6.60. The van der Waals surface area contributed by atoms with Gasteiger partial charge in [-0.3, -0.25) is 0 Å². The predicted molar refractivity (Wildman–Crippen MR) is 86.9 cm³/mol. The van der Waals surface area contributed by atoms with Gasteiger partial charge in [-0.05, 0) is 19.4 Å². The fraction of sp³-hybridized carbons (Fsp3) is 0.588. The molecule has 2 atom stereocenters. The molecule has 0 bridgehead atoms. The molecular formula is C17H26N2O3. The molecule has 0 heterocycles. The van der Waals surface area contributed by atoms with E-state index in [0.717, 1.165) is 17.7 Å². The van der Waals surface area contributed by atoms with E-state index in [9.17, 15) is 4.79 Å². The first kappa shape index (κ1) is 16.8. The molecule has 0 spiro atoms. The molecule has 122 valence electrons. The highest BCUT2D eigenvalue weighted by atomic mass is 16.5. The molecule has 22 heavy (non-hydrogen) atoms. The Balaban J connectivity index is 1.98. The molecule has 1 aliphatic carbocycles. The van der Waals surface area contributed by atoms with Crippen LogP contribution in [0.3, 0.4) is 0 Å². The minimum absolute atomic E-state index is 0.0898. The maximum atomic E-state index is 12.3. The third-order valence-corrected chi connectivity index (χ3v) is 5.15. The quantitative estimate of drug-likeness (QED) is 0.878. The fourth-order valence-electron chi connectivity index (χ4n) is 2.96. The minimum Gasteiger partial charge on any atom is -0.380 e. The van der Waals surface area contributed by atoms with Crippen LogP contribution in [0.4, 0.5) is 10.5 Å². The van der Waals surface area contributed by atoms with E-state index in [1.54, 1.807) is 14.2 Å². The van der Waals surface area contributed by atoms with Gasteiger partial charge in [0.25, 0.3) is 0 Å². The van der Waals surface area contributed by atoms with Gasteiger partial charge >= 0.3 is 6.03 Å². The van der Waals surface area contributed by atoms with Gasteiger partial charge in [0.1, 0.15) is 0 Å². The molecule has 1 aromatic rings. The lowest BCUT2D eigenvalue weighted by Crippen LogP contribution is -2.68. The highest BCUT2D eigenvalue weighted by Crippen LogP contribution is 2.51. The lowest BCUT2D eigenvalue weighted by Gasteiger charge is -2.59. The van der Waals surface area contributed by atoms with E-state index in [-0.39, 0.29) is 23.1 Å². The topological polar surface area (TPSA) is 59.6 Å². The number of hydrogen-bond acceptors (Lipinski definition) is 3. The predicted octanol–water partition coefficient (Wildman–Crippen LogP) is 3.16. The molecule has 2 amide bonds. The second-order valence-corrected chi connectivity index (χ2v) is 6.60. The summed E-state index contributed by atoms with van der Waals surface area (Å²) >= 11 is 0. The van der Waals surface area contributed by atoms with Crippen LogP contribution in [-0.4, -0.2) is 31.9 Å². The molecule has 5 nitrogen and oxygen atoms in total. The summed E-state index contributed by atoms with van der Waals surface area (Å²) in [6.07, 6.45) is 0.809. The highest BCUT2D eigenvalue weighted by Gasteiger charge is 2.58. The maximum absolute atomic E-state index is 12.3. The number of urea groups is 1. The van der Waals surface area contributed by atoms with Crippen LogP contribution in [0.1, 0.15) is 32.8 Å². The molecule has 1 fully saturated rings. The second kappa shape index (κ2) is 6.26. The Labute approximate surface area is 132 Å². The number of carbonyl (C=O) groups excluding carboxylic acids is 1. The van der Waals surface area contributed by atoms with E-state index in [2.05, 4.69) is 31.4 Å². The Hall–Kier alpha value is -1.59. The molecular weight excluding hydrogens is 280 g/mol. The number of ether oxygens (including phenoxy) is 2. The maximum Gasteiger partial charge on any atom is 0.319 e. The summed E-state index contributed by atoms with van der Waals surface area (Å²) in [4.78, 5) is 12.3. The Morgan fingerprint density at radius 3 is 2.55 bits per heavy atom. The zero-order valence-corrected chi connectivity index (χ0v) is 14.0. The van der Waals surface area contributed by atoms with Gasteiger partial charge in [0.2, 0.25) is 0 Å². The first-order valence-electron chi connectivity index (χ1n) is 7.53. The largest absolute Gasteiger partial charge is 0.380 e. The molecule has 1 aromatic carbocycles. The smallest absolute Gasteiger partial charge is 0.319 e. The van der Waals surface area contributed by atoms with Crippen LogP contribution in [0.2, 0.25) is 0 Å². The Bertz CT molecular complexity index is 544. The average molecular weight is 306 g/mol. The number of nitrogens with one attached hydrogen (secondary N) is 2. The van der Waals surface area contributed by atoms with E-state index >= 15 is 0 Å². The summed E-state index contributed by atoms with van der Waals surface area (Å²) in [5.74, 6) is 0. The average Bonchev–Trinajstić information content (AvgIpc) is 2.48. The van der Waals surface area contributed by atoms with Gasteiger partial charge in [-0.2, -0.15) is 0 Å². The summed E-state index contributed by atoms with van der Waals surface area (Å²) in [5.41, 5.74) is 1.42. The number of benzene rings is 1. The van der Waals surface area contributed by atoms with Crippen molar-refractivity contribution >= 4 is 11.7 Å². The van der Waals surface area contributed by atoms with E-state index in [1.807, 2.05) is 24.3 Å². The number of anilines is 1. The van der Waals surface area contributed by atoms with Gasteiger partial charge in [-0.15, -0.1) is 0 Å². The SMILES string of the molecule is COCc1ccccc1NC(=O)N[C@H]1C[C@@](C)(OC)C1(C)C. The standard InChI is InChI=1S/C17H26N2O3/c1-16(2)14(10-17(16,3)22-5)19-15(20)18-13-9-7-6-8-12(13)11-21-4/h6-9,14H,10-11H2,1-5H3,(H2,18,19,20)/t14-,17+/m0/s1. The molecule has 1 saturated carbocycles. The molecule has 0 saturated heterocycles. The van der Waals surface area contributed by atoms with E-state index in [1.165, 1.54) is 0 Å². The lowest BCUT2D eigenvalue weighted by atomic mass is 9.56. The molecule has 0 radical (unpaired) electrons. The van der Waals surface area contributed by atoms with Gasteiger partial charge in [-0.1, -0.05) is 32.0 Å². The summed E-state index contributed by atoms with van der Waals surface area (Å²) in [6, 6.07) is 7.53. The third kappa shape index (κ3) is 2.96. The van der Waals surface area contributed by atoms with Crippen LogP contribution < -0.4 is 10.6 Å². The van der Waals surface area contributed by atoms with Crippen LogP contribution in [0.25, 0.3) is 0 Å². The fourth-order valence-corrected chi connectivity index (χ4v) is 2.96. The number of carbonyl (C=O) groups is 1. The first-order valence-corrected chi connectivity index (χ1v) is 7.53. The van der Waals surface area contributed by atoms with Crippen molar-refractivity contribution in [3.63, 3.8) is 0 Å². The monoisotopic (exact) mass is 306 g/mol. The minimum atomic E-state index is -0.196. The van der Waals surface area contributed by atoms with Crippen molar-refractivity contribution in [1.29, 1.82) is 0 Å². The van der Waals surface area contributed by atoms with Gasteiger partial charge in [-0.25, -0.2) is 4.79 Å². The summed E-state index contributed by atoms with van der Waals surface area (Å²) in [6.45, 7) is 6.78. The first-order chi connectivity index (χ1) is 10.3. The Kier molecular flexibility index (Phi) is 4.78. The normalized spacial score (nSPS) is 26.1.